The van der Waals surface area contributed by atoms with Crippen molar-refractivity contribution >= 4 is 10.0 Å². The van der Waals surface area contributed by atoms with Gasteiger partial charge in [-0.25, -0.2) is 8.42 Å². The summed E-state index contributed by atoms with van der Waals surface area (Å²) in [5.74, 6) is 0.248. The molecule has 0 radical (unpaired) electrons. The largest absolute Gasteiger partial charge is 0.508 e. The van der Waals surface area contributed by atoms with Crippen LogP contribution < -0.4 is 0 Å². The van der Waals surface area contributed by atoms with E-state index >= 15 is 0 Å². The molecule has 1 aliphatic heterocycles. The van der Waals surface area contributed by atoms with E-state index in [-0.39, 0.29) is 11.8 Å². The average molecular weight is 363 g/mol. The van der Waals surface area contributed by atoms with Crippen molar-refractivity contribution in [2.24, 2.45) is 7.05 Å². The summed E-state index contributed by atoms with van der Waals surface area (Å²) in [6, 6.07) is 7.13. The third-order valence-electron chi connectivity index (χ3n) is 4.83. The van der Waals surface area contributed by atoms with Crippen LogP contribution in [-0.2, 0) is 23.5 Å². The number of aromatic nitrogens is 2. The Kier molecular flexibility index (Phi) is 5.15. The number of aromatic hydroxyl groups is 1. The zero-order valence-electron chi connectivity index (χ0n) is 14.7. The molecule has 0 aliphatic carbocycles. The number of hydrogen-bond acceptors (Lipinski definition) is 4. The van der Waals surface area contributed by atoms with E-state index in [0.29, 0.717) is 17.1 Å². The van der Waals surface area contributed by atoms with Crippen LogP contribution in [-0.4, -0.2) is 40.2 Å². The Morgan fingerprint density at radius 2 is 1.96 bits per heavy atom. The Hall–Kier alpha value is -1.86. The lowest BCUT2D eigenvalue weighted by atomic mass is 9.98. The maximum atomic E-state index is 13.1. The summed E-state index contributed by atoms with van der Waals surface area (Å²) in [6.45, 7) is 2.30. The van der Waals surface area contributed by atoms with Crippen molar-refractivity contribution in [1.82, 2.24) is 14.1 Å². The Morgan fingerprint density at radius 3 is 2.60 bits per heavy atom. The van der Waals surface area contributed by atoms with Gasteiger partial charge in [0, 0.05) is 25.8 Å². The summed E-state index contributed by atoms with van der Waals surface area (Å²) in [4.78, 5) is 0.312. The van der Waals surface area contributed by atoms with Crippen molar-refractivity contribution in [3.63, 3.8) is 0 Å². The van der Waals surface area contributed by atoms with E-state index in [4.69, 9.17) is 0 Å². The zero-order chi connectivity index (χ0) is 18.0. The standard InChI is InChI=1S/C18H25N3O3S/c1-14-18(13-20(2)19-14)25(23,24)21-12-4-3-5-16(21)9-6-15-7-10-17(22)11-8-15/h7-8,10-11,13,16,22H,3-6,9,12H2,1-2H3/t16-/m0/s1. The molecule has 1 atom stereocenters. The minimum absolute atomic E-state index is 0.00663. The Morgan fingerprint density at radius 1 is 1.24 bits per heavy atom. The quantitative estimate of drug-likeness (QED) is 0.886. The summed E-state index contributed by atoms with van der Waals surface area (Å²) in [7, 11) is -1.78. The van der Waals surface area contributed by atoms with Crippen LogP contribution in [0.3, 0.4) is 0 Å². The minimum atomic E-state index is -3.52. The first-order valence-corrected chi connectivity index (χ1v) is 10.1. The van der Waals surface area contributed by atoms with Crippen LogP contribution in [0.4, 0.5) is 0 Å². The van der Waals surface area contributed by atoms with Crippen molar-refractivity contribution in [1.29, 1.82) is 0 Å². The molecule has 3 rings (SSSR count). The first kappa shape index (κ1) is 17.9. The lowest BCUT2D eigenvalue weighted by molar-refractivity contribution is 0.241. The van der Waals surface area contributed by atoms with Crippen LogP contribution in [0.2, 0.25) is 0 Å². The van der Waals surface area contributed by atoms with E-state index < -0.39 is 10.0 Å². The van der Waals surface area contributed by atoms with Gasteiger partial charge in [0.2, 0.25) is 10.0 Å². The van der Waals surface area contributed by atoms with Crippen LogP contribution >= 0.6 is 0 Å². The number of benzene rings is 1. The molecule has 1 aliphatic rings. The lowest BCUT2D eigenvalue weighted by Gasteiger charge is -2.34. The normalized spacial score (nSPS) is 19.2. The van der Waals surface area contributed by atoms with Gasteiger partial charge < -0.3 is 5.11 Å². The highest BCUT2D eigenvalue weighted by atomic mass is 32.2. The molecule has 0 unspecified atom stereocenters. The summed E-state index contributed by atoms with van der Waals surface area (Å²) < 4.78 is 29.5. The average Bonchev–Trinajstić information content (AvgIpc) is 2.94. The molecule has 6 nitrogen and oxygen atoms in total. The van der Waals surface area contributed by atoms with E-state index in [9.17, 15) is 13.5 Å². The summed E-state index contributed by atoms with van der Waals surface area (Å²) in [5.41, 5.74) is 1.66. The minimum Gasteiger partial charge on any atom is -0.508 e. The highest BCUT2D eigenvalue weighted by Crippen LogP contribution is 2.29. The van der Waals surface area contributed by atoms with E-state index in [1.54, 1.807) is 41.3 Å². The molecule has 1 aromatic heterocycles. The highest BCUT2D eigenvalue weighted by Gasteiger charge is 2.35. The summed E-state index contributed by atoms with van der Waals surface area (Å²) in [5, 5.41) is 13.6. The van der Waals surface area contributed by atoms with Crippen molar-refractivity contribution < 1.29 is 13.5 Å². The SMILES string of the molecule is Cc1nn(C)cc1S(=O)(=O)N1CCCC[C@H]1CCc1ccc(O)cc1. The summed E-state index contributed by atoms with van der Waals surface area (Å²) in [6.07, 6.45) is 6.01. The van der Waals surface area contributed by atoms with E-state index in [1.807, 2.05) is 12.1 Å². The molecule has 2 aromatic rings. The summed E-state index contributed by atoms with van der Waals surface area (Å²) >= 11 is 0. The molecule has 1 aromatic carbocycles. The molecule has 0 amide bonds. The number of hydrogen-bond donors (Lipinski definition) is 1. The van der Waals surface area contributed by atoms with Gasteiger partial charge in [-0.3, -0.25) is 4.68 Å². The fourth-order valence-electron chi connectivity index (χ4n) is 3.53. The van der Waals surface area contributed by atoms with Crippen molar-refractivity contribution in [2.45, 2.75) is 50.0 Å². The third-order valence-corrected chi connectivity index (χ3v) is 6.89. The van der Waals surface area contributed by atoms with Gasteiger partial charge in [0.05, 0.1) is 5.69 Å². The predicted octanol–water partition coefficient (Wildman–Crippen LogP) is 2.61. The number of piperidine rings is 1. The molecule has 136 valence electrons. The number of aryl methyl sites for hydroxylation is 3. The van der Waals surface area contributed by atoms with Gasteiger partial charge >= 0.3 is 0 Å². The monoisotopic (exact) mass is 363 g/mol. The molecular weight excluding hydrogens is 338 g/mol. The van der Waals surface area contributed by atoms with Crippen LogP contribution in [0.15, 0.2) is 35.4 Å². The van der Waals surface area contributed by atoms with Gasteiger partial charge in [0.1, 0.15) is 10.6 Å². The fraction of sp³-hybridized carbons (Fsp3) is 0.500. The first-order valence-electron chi connectivity index (χ1n) is 8.68. The number of nitrogens with zero attached hydrogens (tertiary/aromatic N) is 3. The number of phenols is 1. The van der Waals surface area contributed by atoms with Crippen molar-refractivity contribution in [2.75, 3.05) is 6.54 Å². The first-order chi connectivity index (χ1) is 11.9. The van der Waals surface area contributed by atoms with Crippen LogP contribution in [0, 0.1) is 6.92 Å². The van der Waals surface area contributed by atoms with Crippen molar-refractivity contribution in [3.05, 3.63) is 41.7 Å². The molecule has 1 fully saturated rings. The molecular formula is C18H25N3O3S. The van der Waals surface area contributed by atoms with Crippen molar-refractivity contribution in [3.8, 4) is 5.75 Å². The Balaban J connectivity index is 1.78. The molecule has 1 N–H and O–H groups in total. The molecule has 7 heteroatoms. The van der Waals surface area contributed by atoms with Gasteiger partial charge in [-0.2, -0.15) is 9.40 Å². The molecule has 0 bridgehead atoms. The molecule has 2 heterocycles. The molecule has 0 spiro atoms. The number of sulfonamides is 1. The van der Waals surface area contributed by atoms with Gasteiger partial charge in [-0.05, 0) is 50.3 Å². The Labute approximate surface area is 149 Å². The zero-order valence-corrected chi connectivity index (χ0v) is 15.5. The fourth-order valence-corrected chi connectivity index (χ4v) is 5.46. The van der Waals surface area contributed by atoms with Crippen LogP contribution in [0.1, 0.15) is 36.9 Å². The van der Waals surface area contributed by atoms with E-state index in [0.717, 1.165) is 37.7 Å². The van der Waals surface area contributed by atoms with E-state index in [2.05, 4.69) is 5.10 Å². The smallest absolute Gasteiger partial charge is 0.246 e. The van der Waals surface area contributed by atoms with Gasteiger partial charge in [0.25, 0.3) is 0 Å². The van der Waals surface area contributed by atoms with Gasteiger partial charge in [-0.15, -0.1) is 0 Å². The maximum Gasteiger partial charge on any atom is 0.246 e. The second kappa shape index (κ2) is 7.17. The second-order valence-electron chi connectivity index (χ2n) is 6.72. The van der Waals surface area contributed by atoms with E-state index in [1.165, 1.54) is 0 Å². The molecule has 0 saturated carbocycles. The van der Waals surface area contributed by atoms with Gasteiger partial charge in [0.15, 0.2) is 0 Å². The van der Waals surface area contributed by atoms with Gasteiger partial charge in [-0.1, -0.05) is 18.6 Å². The molecule has 1 saturated heterocycles. The highest BCUT2D eigenvalue weighted by molar-refractivity contribution is 7.89. The number of rotatable bonds is 5. The third kappa shape index (κ3) is 3.88. The lowest BCUT2D eigenvalue weighted by Crippen LogP contribution is -2.44. The molecule has 25 heavy (non-hydrogen) atoms. The second-order valence-corrected chi connectivity index (χ2v) is 8.58. The predicted molar refractivity (Wildman–Crippen MR) is 95.9 cm³/mol. The topological polar surface area (TPSA) is 75.4 Å². The van der Waals surface area contributed by atoms with Crippen LogP contribution in [0.25, 0.3) is 0 Å². The number of phenolic OH excluding ortho intramolecular Hbond substituents is 1. The maximum absolute atomic E-state index is 13.1. The van der Waals surface area contributed by atoms with Crippen LogP contribution in [0.5, 0.6) is 5.75 Å². The Bertz CT molecular complexity index is 828.